The summed E-state index contributed by atoms with van der Waals surface area (Å²) in [5.74, 6) is 0. The van der Waals surface area contributed by atoms with Gasteiger partial charge in [0.25, 0.3) is 10.3 Å². The fourth-order valence-corrected chi connectivity index (χ4v) is 0. The first kappa shape index (κ1) is 17.6. The van der Waals surface area contributed by atoms with E-state index < -0.39 is 10.3 Å². The predicted octanol–water partition coefficient (Wildman–Crippen LogP) is -0.264. The molecule has 0 atom stereocenters. The van der Waals surface area contributed by atoms with Crippen molar-refractivity contribution in [2.45, 2.75) is 0 Å². The van der Waals surface area contributed by atoms with Crippen LogP contribution in [0, 0.1) is 0 Å². The van der Waals surface area contributed by atoms with E-state index in [1.165, 1.54) is 0 Å². The highest BCUT2D eigenvalue weighted by Crippen LogP contribution is 1.63. The topological polar surface area (TPSA) is 119 Å². The molecule has 5 nitrogen and oxygen atoms in total. The van der Waals surface area contributed by atoms with Crippen molar-refractivity contribution in [1.29, 1.82) is 0 Å². The first-order chi connectivity index (χ1) is 5.20. The zero-order valence-electron chi connectivity index (χ0n) is 5.80. The van der Waals surface area contributed by atoms with Crippen LogP contribution in [0.25, 0.3) is 0 Å². The monoisotopic (exact) mass is 247 g/mol. The Morgan fingerprint density at radius 3 is 0.917 bits per heavy atom. The number of rotatable bonds is 0. The molecule has 0 unspecified atom stereocenters. The van der Waals surface area contributed by atoms with Crippen molar-refractivity contribution >= 4 is 64.0 Å². The Morgan fingerprint density at radius 1 is 0.917 bits per heavy atom. The highest BCUT2D eigenvalue weighted by Gasteiger charge is 1.58. The molecular weight excluding hydrogens is 238 g/mol. The van der Waals surface area contributed by atoms with Crippen LogP contribution in [0.5, 0.6) is 0 Å². The lowest BCUT2D eigenvalue weighted by Gasteiger charge is -1.67. The summed E-state index contributed by atoms with van der Waals surface area (Å²) in [6.45, 7) is 0. The second-order valence-corrected chi connectivity index (χ2v) is 3.08. The Labute approximate surface area is 91.3 Å². The summed E-state index contributed by atoms with van der Waals surface area (Å²) in [5.41, 5.74) is 13.5. The molecule has 0 saturated heterocycles. The minimum atomic E-state index is -0.500. The molecule has 0 heterocycles. The summed E-state index contributed by atoms with van der Waals surface area (Å²) in [6.07, 6.45) is 0. The Balaban J connectivity index is -0.000000101. The zero-order valence-corrected chi connectivity index (χ0v) is 9.14. The standard InChI is InChI=1S/2CH3NOS.CH3NS2/c3*2-1(3)4/h3*(H3,2,3,4). The molecular formula is C3H9N3O2S4. The highest BCUT2D eigenvalue weighted by molar-refractivity contribution is 8.10. The van der Waals surface area contributed by atoms with Gasteiger partial charge in [-0.3, -0.25) is 0 Å². The largest absolute Gasteiger partial charge is 0.487 e. The number of hydrogen-bond acceptors (Lipinski definition) is 3. The van der Waals surface area contributed by atoms with Gasteiger partial charge in [0, 0.05) is 0 Å². The second-order valence-electron chi connectivity index (χ2n) is 1.01. The van der Waals surface area contributed by atoms with E-state index in [-0.39, 0.29) is 4.32 Å². The van der Waals surface area contributed by atoms with Crippen LogP contribution in [0.4, 0.5) is 0 Å². The van der Waals surface area contributed by atoms with E-state index in [1.807, 2.05) is 0 Å². The fourth-order valence-electron chi connectivity index (χ4n) is 0. The molecule has 0 bridgehead atoms. The maximum atomic E-state index is 7.56. The lowest BCUT2D eigenvalue weighted by Crippen LogP contribution is -2.03. The van der Waals surface area contributed by atoms with Crippen molar-refractivity contribution in [3.8, 4) is 0 Å². The van der Waals surface area contributed by atoms with Crippen LogP contribution in [0.2, 0.25) is 0 Å². The van der Waals surface area contributed by atoms with Gasteiger partial charge in [0.2, 0.25) is 0 Å². The third-order valence-corrected chi connectivity index (χ3v) is 0. The molecule has 0 aliphatic rings. The predicted molar refractivity (Wildman–Crippen MR) is 64.6 cm³/mol. The summed E-state index contributed by atoms with van der Waals surface area (Å²) < 4.78 is 0.194. The van der Waals surface area contributed by atoms with Gasteiger partial charge < -0.3 is 27.4 Å². The molecule has 0 saturated carbocycles. The molecule has 0 fully saturated rings. The molecule has 0 rings (SSSR count). The van der Waals surface area contributed by atoms with Gasteiger partial charge >= 0.3 is 0 Å². The summed E-state index contributed by atoms with van der Waals surface area (Å²) in [6, 6.07) is 0. The summed E-state index contributed by atoms with van der Waals surface area (Å²) in [7, 11) is 0. The minimum absolute atomic E-state index is 0.194. The van der Waals surface area contributed by atoms with E-state index in [0.29, 0.717) is 0 Å². The number of thiol groups is 1. The van der Waals surface area contributed by atoms with Gasteiger partial charge in [-0.05, 0) is 24.4 Å². The van der Waals surface area contributed by atoms with E-state index in [2.05, 4.69) is 60.7 Å². The van der Waals surface area contributed by atoms with Crippen LogP contribution < -0.4 is 17.2 Å². The maximum absolute atomic E-state index is 7.56. The van der Waals surface area contributed by atoms with Crippen molar-refractivity contribution < 1.29 is 10.2 Å². The van der Waals surface area contributed by atoms with Gasteiger partial charge in [-0.25, -0.2) is 0 Å². The summed E-state index contributed by atoms with van der Waals surface area (Å²) >= 11 is 15.4. The number of nitrogens with two attached hydrogens (primary N) is 3. The fraction of sp³-hybridized carbons (Fsp3) is 0. The van der Waals surface area contributed by atoms with Crippen molar-refractivity contribution in [2.24, 2.45) is 17.2 Å². The van der Waals surface area contributed by atoms with Crippen LogP contribution in [-0.2, 0) is 0 Å². The Morgan fingerprint density at radius 2 is 0.917 bits per heavy atom. The average Bonchev–Trinajstić information content (AvgIpc) is 1.54. The molecule has 0 spiro atoms. The highest BCUT2D eigenvalue weighted by atomic mass is 32.1. The third kappa shape index (κ3) is 4950. The number of aliphatic hydroxyl groups is 2. The Kier molecular flexibility index (Phi) is 19.4. The van der Waals surface area contributed by atoms with E-state index >= 15 is 0 Å². The second kappa shape index (κ2) is 13.2. The summed E-state index contributed by atoms with van der Waals surface area (Å²) in [4.78, 5) is 0. The van der Waals surface area contributed by atoms with Crippen molar-refractivity contribution in [2.75, 3.05) is 0 Å². The van der Waals surface area contributed by atoms with Crippen molar-refractivity contribution in [3.05, 3.63) is 0 Å². The molecule has 72 valence electrons. The van der Waals surface area contributed by atoms with E-state index in [1.54, 1.807) is 0 Å². The van der Waals surface area contributed by atoms with Crippen molar-refractivity contribution in [1.82, 2.24) is 0 Å². The third-order valence-electron chi connectivity index (χ3n) is 0. The number of thiocarbonyl (C=S) groups is 3. The Bertz CT molecular complexity index is 121. The van der Waals surface area contributed by atoms with E-state index in [0.717, 1.165) is 0 Å². The van der Waals surface area contributed by atoms with Crippen LogP contribution >= 0.6 is 49.3 Å². The molecule has 0 aromatic rings. The summed E-state index contributed by atoms with van der Waals surface area (Å²) in [5, 5.41) is 14.1. The molecule has 0 aromatic carbocycles. The number of aliphatic hydroxyl groups excluding tert-OH is 2. The lowest BCUT2D eigenvalue weighted by molar-refractivity contribution is 0.559. The van der Waals surface area contributed by atoms with Gasteiger partial charge in [0.1, 0.15) is 4.32 Å². The molecule has 12 heavy (non-hydrogen) atoms. The van der Waals surface area contributed by atoms with E-state index in [9.17, 15) is 0 Å². The van der Waals surface area contributed by atoms with E-state index in [4.69, 9.17) is 15.9 Å². The molecule has 0 amide bonds. The first-order valence-corrected chi connectivity index (χ1v) is 3.82. The minimum Gasteiger partial charge on any atom is -0.487 e. The lowest BCUT2D eigenvalue weighted by atomic mass is 11.4. The van der Waals surface area contributed by atoms with Gasteiger partial charge in [-0.15, -0.1) is 12.6 Å². The average molecular weight is 247 g/mol. The quantitative estimate of drug-likeness (QED) is 0.256. The maximum Gasteiger partial charge on any atom is 0.251 e. The van der Waals surface area contributed by atoms with Crippen LogP contribution in [0.3, 0.4) is 0 Å². The van der Waals surface area contributed by atoms with Crippen LogP contribution in [0.15, 0.2) is 0 Å². The number of hydrogen-bond donors (Lipinski definition) is 6. The molecule has 0 aliphatic carbocycles. The molecule has 9 heteroatoms. The van der Waals surface area contributed by atoms with Crippen LogP contribution in [-0.4, -0.2) is 24.9 Å². The van der Waals surface area contributed by atoms with Gasteiger partial charge in [0.15, 0.2) is 0 Å². The van der Waals surface area contributed by atoms with Gasteiger partial charge in [0.05, 0.1) is 0 Å². The molecule has 8 N–H and O–H groups in total. The van der Waals surface area contributed by atoms with Crippen molar-refractivity contribution in [3.63, 3.8) is 0 Å². The molecule has 0 aromatic heterocycles. The molecule has 0 aliphatic heterocycles. The van der Waals surface area contributed by atoms with Crippen LogP contribution in [0.1, 0.15) is 0 Å². The smallest absolute Gasteiger partial charge is 0.251 e. The normalized spacial score (nSPS) is 6.08. The molecule has 0 radical (unpaired) electrons. The van der Waals surface area contributed by atoms with Gasteiger partial charge in [-0.1, -0.05) is 12.2 Å². The zero-order chi connectivity index (χ0) is 10.7. The van der Waals surface area contributed by atoms with Gasteiger partial charge in [-0.2, -0.15) is 0 Å². The first-order valence-electron chi connectivity index (χ1n) is 2.15. The Hall–Kier alpha value is -0.380. The SMILES string of the molecule is NC(=S)S.NC(O)=S.NC(O)=S.